The molecule has 7 nitrogen and oxygen atoms in total. The minimum absolute atomic E-state index is 0.248. The van der Waals surface area contributed by atoms with Crippen LogP contribution in [0.15, 0.2) is 42.5 Å². The molecular weight excluding hydrogens is 450 g/mol. The van der Waals surface area contributed by atoms with Gasteiger partial charge in [-0.3, -0.25) is 0 Å². The topological polar surface area (TPSA) is 74.1 Å². The standard InChI is InChI=1S/C29H37N5O2/c1-19-4-7-25(8-5-19)34-28(31-32-33-34)18-36-26-9-6-21(13-27(26)35-3)17-30-20(2)29-14-22-10-23(15-29)12-24(11-22)16-29/h4-9,13,20,22-24,30H,10-12,14-18H2,1-3H3/t20-,22?,23?,24?,29?/m1/s1. The van der Waals surface area contributed by atoms with Crippen molar-refractivity contribution in [3.63, 3.8) is 0 Å². The molecular formula is C29H37N5O2. The first-order valence-corrected chi connectivity index (χ1v) is 13.4. The van der Waals surface area contributed by atoms with Crippen LogP contribution in [0.5, 0.6) is 11.5 Å². The molecule has 7 rings (SSSR count). The Morgan fingerprint density at radius 1 is 1.00 bits per heavy atom. The highest BCUT2D eigenvalue weighted by atomic mass is 16.5. The number of methoxy groups -OCH3 is 1. The van der Waals surface area contributed by atoms with Crippen LogP contribution in [-0.2, 0) is 13.2 Å². The molecule has 0 unspecified atom stereocenters. The van der Waals surface area contributed by atoms with E-state index in [1.54, 1.807) is 11.8 Å². The van der Waals surface area contributed by atoms with Crippen LogP contribution in [-0.4, -0.2) is 33.4 Å². The molecule has 1 heterocycles. The maximum Gasteiger partial charge on any atom is 0.194 e. The van der Waals surface area contributed by atoms with E-state index in [1.165, 1.54) is 49.7 Å². The van der Waals surface area contributed by atoms with Gasteiger partial charge >= 0.3 is 0 Å². The summed E-state index contributed by atoms with van der Waals surface area (Å²) < 4.78 is 13.5. The van der Waals surface area contributed by atoms with Crippen molar-refractivity contribution in [3.8, 4) is 17.2 Å². The van der Waals surface area contributed by atoms with Crippen LogP contribution < -0.4 is 14.8 Å². The molecule has 190 valence electrons. The Morgan fingerprint density at radius 2 is 1.69 bits per heavy atom. The lowest BCUT2D eigenvalue weighted by atomic mass is 9.48. The zero-order valence-corrected chi connectivity index (χ0v) is 21.6. The summed E-state index contributed by atoms with van der Waals surface area (Å²) in [4.78, 5) is 0. The molecule has 4 bridgehead atoms. The minimum atomic E-state index is 0.248. The summed E-state index contributed by atoms with van der Waals surface area (Å²) in [5.41, 5.74) is 3.81. The van der Waals surface area contributed by atoms with Crippen molar-refractivity contribution in [1.29, 1.82) is 0 Å². The zero-order valence-electron chi connectivity index (χ0n) is 21.6. The van der Waals surface area contributed by atoms with Crippen LogP contribution in [0.4, 0.5) is 0 Å². The highest BCUT2D eigenvalue weighted by Gasteiger charge is 2.52. The van der Waals surface area contributed by atoms with E-state index >= 15 is 0 Å². The summed E-state index contributed by atoms with van der Waals surface area (Å²) in [7, 11) is 1.69. The second-order valence-corrected chi connectivity index (χ2v) is 11.5. The van der Waals surface area contributed by atoms with Crippen LogP contribution in [0.25, 0.3) is 5.69 Å². The lowest BCUT2D eigenvalue weighted by Crippen LogP contribution is -2.54. The van der Waals surface area contributed by atoms with E-state index in [-0.39, 0.29) is 6.61 Å². The number of benzene rings is 2. The molecule has 4 saturated carbocycles. The van der Waals surface area contributed by atoms with Gasteiger partial charge in [0.05, 0.1) is 12.8 Å². The summed E-state index contributed by atoms with van der Waals surface area (Å²) in [6, 6.07) is 14.8. The van der Waals surface area contributed by atoms with E-state index in [0.717, 1.165) is 35.7 Å². The Labute approximate surface area is 213 Å². The van der Waals surface area contributed by atoms with Gasteiger partial charge in [-0.25, -0.2) is 0 Å². The average molecular weight is 488 g/mol. The van der Waals surface area contributed by atoms with Gasteiger partial charge in [-0.15, -0.1) is 5.10 Å². The monoisotopic (exact) mass is 487 g/mol. The van der Waals surface area contributed by atoms with E-state index in [9.17, 15) is 0 Å². The van der Waals surface area contributed by atoms with Gasteiger partial charge in [-0.05, 0) is 116 Å². The normalized spacial score (nSPS) is 27.2. The Balaban J connectivity index is 1.09. The molecule has 4 aliphatic carbocycles. The van der Waals surface area contributed by atoms with Crippen molar-refractivity contribution in [2.24, 2.45) is 23.2 Å². The highest BCUT2D eigenvalue weighted by Crippen LogP contribution is 2.61. The Kier molecular flexibility index (Phi) is 6.20. The molecule has 1 aromatic heterocycles. The molecule has 0 radical (unpaired) electrons. The van der Waals surface area contributed by atoms with E-state index in [4.69, 9.17) is 9.47 Å². The number of rotatable bonds is 9. The number of tetrazole rings is 1. The van der Waals surface area contributed by atoms with Crippen LogP contribution in [0.1, 0.15) is 62.4 Å². The van der Waals surface area contributed by atoms with Gasteiger partial charge in [-0.2, -0.15) is 4.68 Å². The number of hydrogen-bond acceptors (Lipinski definition) is 6. The van der Waals surface area contributed by atoms with Gasteiger partial charge in [0.15, 0.2) is 23.9 Å². The lowest BCUT2D eigenvalue weighted by molar-refractivity contribution is -0.0706. The first kappa shape index (κ1) is 23.5. The summed E-state index contributed by atoms with van der Waals surface area (Å²) in [5, 5.41) is 16.0. The number of nitrogens with one attached hydrogen (secondary N) is 1. The predicted molar refractivity (Wildman–Crippen MR) is 138 cm³/mol. The third kappa shape index (κ3) is 4.49. The number of aromatic nitrogens is 4. The molecule has 3 aromatic rings. The molecule has 0 aliphatic heterocycles. The summed E-state index contributed by atoms with van der Waals surface area (Å²) in [6.07, 6.45) is 8.73. The molecule has 4 fully saturated rings. The van der Waals surface area contributed by atoms with Crippen LogP contribution >= 0.6 is 0 Å². The first-order valence-electron chi connectivity index (χ1n) is 13.4. The fraction of sp³-hybridized carbons (Fsp3) is 0.552. The van der Waals surface area contributed by atoms with Gasteiger partial charge in [0.2, 0.25) is 0 Å². The Bertz CT molecular complexity index is 1170. The highest BCUT2D eigenvalue weighted by molar-refractivity contribution is 5.43. The average Bonchev–Trinajstić information content (AvgIpc) is 3.34. The van der Waals surface area contributed by atoms with Crippen molar-refractivity contribution < 1.29 is 9.47 Å². The third-order valence-electron chi connectivity index (χ3n) is 9.01. The maximum absolute atomic E-state index is 6.09. The molecule has 1 N–H and O–H groups in total. The molecule has 0 amide bonds. The zero-order chi connectivity index (χ0) is 24.7. The quantitative estimate of drug-likeness (QED) is 0.444. The smallest absolute Gasteiger partial charge is 0.194 e. The van der Waals surface area contributed by atoms with Crippen molar-refractivity contribution in [3.05, 3.63) is 59.4 Å². The second-order valence-electron chi connectivity index (χ2n) is 11.5. The molecule has 1 atom stereocenters. The fourth-order valence-corrected chi connectivity index (χ4v) is 7.46. The lowest BCUT2D eigenvalue weighted by Gasteiger charge is -2.59. The summed E-state index contributed by atoms with van der Waals surface area (Å²) in [6.45, 7) is 5.56. The van der Waals surface area contributed by atoms with Gasteiger partial charge in [0.25, 0.3) is 0 Å². The Hall–Kier alpha value is -2.93. The van der Waals surface area contributed by atoms with Crippen LogP contribution in [0.2, 0.25) is 0 Å². The van der Waals surface area contributed by atoms with Gasteiger partial charge in [0.1, 0.15) is 0 Å². The SMILES string of the molecule is COc1cc(CN[C@H](C)C23CC4CC(CC(C4)C2)C3)ccc1OCc1nnnn1-c1ccc(C)cc1. The number of nitrogens with zero attached hydrogens (tertiary/aromatic N) is 4. The largest absolute Gasteiger partial charge is 0.493 e. The molecule has 4 aliphatic rings. The molecule has 36 heavy (non-hydrogen) atoms. The molecule has 0 saturated heterocycles. The number of ether oxygens (including phenoxy) is 2. The van der Waals surface area contributed by atoms with Gasteiger partial charge in [-0.1, -0.05) is 23.8 Å². The van der Waals surface area contributed by atoms with Crippen molar-refractivity contribution in [1.82, 2.24) is 25.5 Å². The summed E-state index contributed by atoms with van der Waals surface area (Å²) >= 11 is 0. The molecule has 7 heteroatoms. The predicted octanol–water partition coefficient (Wildman–Crippen LogP) is 5.25. The fourth-order valence-electron chi connectivity index (χ4n) is 7.46. The minimum Gasteiger partial charge on any atom is -0.493 e. The number of hydrogen-bond donors (Lipinski definition) is 1. The third-order valence-corrected chi connectivity index (χ3v) is 9.01. The second kappa shape index (κ2) is 9.51. The van der Waals surface area contributed by atoms with E-state index in [1.807, 2.05) is 30.3 Å². The van der Waals surface area contributed by atoms with Crippen LogP contribution in [0.3, 0.4) is 0 Å². The van der Waals surface area contributed by atoms with Gasteiger partial charge in [0, 0.05) is 12.6 Å². The van der Waals surface area contributed by atoms with Gasteiger partial charge < -0.3 is 14.8 Å². The van der Waals surface area contributed by atoms with E-state index < -0.39 is 0 Å². The van der Waals surface area contributed by atoms with E-state index in [2.05, 4.69) is 46.8 Å². The van der Waals surface area contributed by atoms with Crippen molar-refractivity contribution in [2.45, 2.75) is 71.6 Å². The maximum atomic E-state index is 6.09. The molecule has 2 aromatic carbocycles. The van der Waals surface area contributed by atoms with Crippen LogP contribution in [0, 0.1) is 30.1 Å². The van der Waals surface area contributed by atoms with Crippen molar-refractivity contribution in [2.75, 3.05) is 7.11 Å². The van der Waals surface area contributed by atoms with Crippen molar-refractivity contribution >= 4 is 0 Å². The first-order chi connectivity index (χ1) is 17.5. The Morgan fingerprint density at radius 3 is 2.36 bits per heavy atom. The molecule has 0 spiro atoms. The van der Waals surface area contributed by atoms with E-state index in [0.29, 0.717) is 23.0 Å². The summed E-state index contributed by atoms with van der Waals surface area (Å²) in [5.74, 6) is 4.98. The number of aryl methyl sites for hydroxylation is 1.